The van der Waals surface area contributed by atoms with Crippen molar-refractivity contribution < 1.29 is 9.13 Å². The van der Waals surface area contributed by atoms with E-state index in [1.807, 2.05) is 12.1 Å². The maximum atomic E-state index is 13.9. The van der Waals surface area contributed by atoms with E-state index < -0.39 is 0 Å². The van der Waals surface area contributed by atoms with Crippen molar-refractivity contribution in [3.63, 3.8) is 0 Å². The summed E-state index contributed by atoms with van der Waals surface area (Å²) in [5.41, 5.74) is 7.08. The van der Waals surface area contributed by atoms with Crippen LogP contribution in [0.2, 0.25) is 0 Å². The summed E-state index contributed by atoms with van der Waals surface area (Å²) in [7, 11) is 0. The Kier molecular flexibility index (Phi) is 5.31. The van der Waals surface area contributed by atoms with Crippen LogP contribution >= 0.6 is 0 Å². The predicted molar refractivity (Wildman–Crippen MR) is 74.2 cm³/mol. The number of hydrogen-bond acceptors (Lipinski definition) is 3. The average molecular weight is 266 g/mol. The van der Waals surface area contributed by atoms with Gasteiger partial charge in [-0.05, 0) is 31.0 Å². The molecule has 1 fully saturated rings. The molecular weight excluding hydrogens is 243 g/mol. The Bertz CT molecular complexity index is 405. The molecule has 0 radical (unpaired) electrons. The molecule has 0 spiro atoms. The van der Waals surface area contributed by atoms with Gasteiger partial charge in [0, 0.05) is 31.8 Å². The minimum absolute atomic E-state index is 0.159. The van der Waals surface area contributed by atoms with Crippen LogP contribution in [-0.2, 0) is 17.8 Å². The largest absolute Gasteiger partial charge is 0.377 e. The molecule has 3 nitrogen and oxygen atoms in total. The number of ether oxygens (including phenoxy) is 1. The summed E-state index contributed by atoms with van der Waals surface area (Å²) in [6, 6.07) is 5.28. The van der Waals surface area contributed by atoms with E-state index in [9.17, 15) is 4.39 Å². The van der Waals surface area contributed by atoms with Gasteiger partial charge in [-0.3, -0.25) is 4.90 Å². The monoisotopic (exact) mass is 266 g/mol. The van der Waals surface area contributed by atoms with Gasteiger partial charge < -0.3 is 10.5 Å². The summed E-state index contributed by atoms with van der Waals surface area (Å²) in [4.78, 5) is 2.23. The second-order valence-corrected chi connectivity index (χ2v) is 5.09. The van der Waals surface area contributed by atoms with Gasteiger partial charge in [0.05, 0.1) is 6.10 Å². The summed E-state index contributed by atoms with van der Waals surface area (Å²) in [6.07, 6.45) is 2.57. The van der Waals surface area contributed by atoms with Crippen molar-refractivity contribution in [3.05, 3.63) is 35.1 Å². The first-order chi connectivity index (χ1) is 9.22. The SMILES string of the molecule is CCN(Cc1ccc(CN)cc1F)CC1CCCO1. The standard InChI is InChI=1S/C15H23FN2O/c1-2-18(11-14-4-3-7-19-14)10-13-6-5-12(9-17)8-15(13)16/h5-6,8,14H,2-4,7,9-11,17H2,1H3. The summed E-state index contributed by atoms with van der Waals surface area (Å²) in [5, 5.41) is 0. The molecular formula is C15H23FN2O. The number of hydrogen-bond donors (Lipinski definition) is 1. The Hall–Kier alpha value is -0.970. The van der Waals surface area contributed by atoms with Crippen molar-refractivity contribution in [3.8, 4) is 0 Å². The highest BCUT2D eigenvalue weighted by Crippen LogP contribution is 2.17. The molecule has 2 rings (SSSR count). The molecule has 1 atom stereocenters. The molecule has 0 bridgehead atoms. The number of halogens is 1. The molecule has 1 aromatic rings. The number of likely N-dealkylation sites (N-methyl/N-ethyl adjacent to an activating group) is 1. The topological polar surface area (TPSA) is 38.5 Å². The van der Waals surface area contributed by atoms with Crippen LogP contribution in [0.4, 0.5) is 4.39 Å². The lowest BCUT2D eigenvalue weighted by Crippen LogP contribution is -2.31. The summed E-state index contributed by atoms with van der Waals surface area (Å²) < 4.78 is 19.6. The van der Waals surface area contributed by atoms with Gasteiger partial charge in [0.2, 0.25) is 0 Å². The van der Waals surface area contributed by atoms with Crippen molar-refractivity contribution in [1.82, 2.24) is 4.90 Å². The lowest BCUT2D eigenvalue weighted by atomic mass is 10.1. The molecule has 4 heteroatoms. The molecule has 106 valence electrons. The Balaban J connectivity index is 1.96. The molecule has 19 heavy (non-hydrogen) atoms. The molecule has 0 aromatic heterocycles. The molecule has 1 aromatic carbocycles. The zero-order chi connectivity index (χ0) is 13.7. The van der Waals surface area contributed by atoms with E-state index >= 15 is 0 Å². The Morgan fingerprint density at radius 3 is 2.89 bits per heavy atom. The fourth-order valence-corrected chi connectivity index (χ4v) is 2.47. The third-order valence-electron chi connectivity index (χ3n) is 3.68. The molecule has 1 heterocycles. The van der Waals surface area contributed by atoms with Crippen LogP contribution in [0, 0.1) is 5.82 Å². The van der Waals surface area contributed by atoms with Crippen LogP contribution in [-0.4, -0.2) is 30.7 Å². The van der Waals surface area contributed by atoms with Crippen molar-refractivity contribution in [2.75, 3.05) is 19.7 Å². The Morgan fingerprint density at radius 2 is 2.32 bits per heavy atom. The third kappa shape index (κ3) is 4.00. The third-order valence-corrected chi connectivity index (χ3v) is 3.68. The normalized spacial score (nSPS) is 19.3. The second-order valence-electron chi connectivity index (χ2n) is 5.09. The fraction of sp³-hybridized carbons (Fsp3) is 0.600. The van der Waals surface area contributed by atoms with Gasteiger partial charge >= 0.3 is 0 Å². The predicted octanol–water partition coefficient (Wildman–Crippen LogP) is 2.29. The summed E-state index contributed by atoms with van der Waals surface area (Å²) in [5.74, 6) is -0.159. The average Bonchev–Trinajstić information content (AvgIpc) is 2.92. The van der Waals surface area contributed by atoms with Gasteiger partial charge in [0.1, 0.15) is 5.82 Å². The molecule has 1 aliphatic heterocycles. The maximum absolute atomic E-state index is 13.9. The van der Waals surface area contributed by atoms with E-state index in [0.29, 0.717) is 19.2 Å². The van der Waals surface area contributed by atoms with Crippen molar-refractivity contribution in [2.24, 2.45) is 5.73 Å². The number of nitrogens with zero attached hydrogens (tertiary/aromatic N) is 1. The maximum Gasteiger partial charge on any atom is 0.128 e. The van der Waals surface area contributed by atoms with Crippen LogP contribution in [0.5, 0.6) is 0 Å². The van der Waals surface area contributed by atoms with Gasteiger partial charge in [-0.25, -0.2) is 4.39 Å². The van der Waals surface area contributed by atoms with Crippen LogP contribution in [0.3, 0.4) is 0 Å². The molecule has 0 aliphatic carbocycles. The van der Waals surface area contributed by atoms with Crippen molar-refractivity contribution >= 4 is 0 Å². The molecule has 1 unspecified atom stereocenters. The van der Waals surface area contributed by atoms with Crippen LogP contribution in [0.25, 0.3) is 0 Å². The van der Waals surface area contributed by atoms with Gasteiger partial charge in [-0.2, -0.15) is 0 Å². The zero-order valence-electron chi connectivity index (χ0n) is 11.6. The van der Waals surface area contributed by atoms with Gasteiger partial charge in [-0.1, -0.05) is 19.1 Å². The summed E-state index contributed by atoms with van der Waals surface area (Å²) in [6.45, 7) is 5.76. The highest BCUT2D eigenvalue weighted by molar-refractivity contribution is 5.24. The van der Waals surface area contributed by atoms with Crippen molar-refractivity contribution in [2.45, 2.75) is 39.0 Å². The van der Waals surface area contributed by atoms with Gasteiger partial charge in [0.25, 0.3) is 0 Å². The smallest absolute Gasteiger partial charge is 0.128 e. The highest BCUT2D eigenvalue weighted by Gasteiger charge is 2.19. The second kappa shape index (κ2) is 6.98. The number of rotatable bonds is 6. The van der Waals surface area contributed by atoms with E-state index in [-0.39, 0.29) is 5.82 Å². The first-order valence-electron chi connectivity index (χ1n) is 7.04. The lowest BCUT2D eigenvalue weighted by molar-refractivity contribution is 0.0721. The van der Waals surface area contributed by atoms with E-state index in [1.54, 1.807) is 0 Å². The molecule has 1 aliphatic rings. The van der Waals surface area contributed by atoms with E-state index in [4.69, 9.17) is 10.5 Å². The number of benzene rings is 1. The van der Waals surface area contributed by atoms with Crippen molar-refractivity contribution in [1.29, 1.82) is 0 Å². The summed E-state index contributed by atoms with van der Waals surface area (Å²) >= 11 is 0. The van der Waals surface area contributed by atoms with Crippen LogP contribution in [0.15, 0.2) is 18.2 Å². The van der Waals surface area contributed by atoms with E-state index in [1.165, 1.54) is 6.07 Å². The molecule has 2 N–H and O–H groups in total. The quantitative estimate of drug-likeness (QED) is 0.858. The minimum Gasteiger partial charge on any atom is -0.377 e. The Labute approximate surface area is 114 Å². The van der Waals surface area contributed by atoms with Gasteiger partial charge in [-0.15, -0.1) is 0 Å². The van der Waals surface area contributed by atoms with E-state index in [0.717, 1.165) is 43.7 Å². The molecule has 0 amide bonds. The van der Waals surface area contributed by atoms with Gasteiger partial charge in [0.15, 0.2) is 0 Å². The molecule has 0 saturated carbocycles. The Morgan fingerprint density at radius 1 is 1.47 bits per heavy atom. The first kappa shape index (κ1) is 14.4. The van der Waals surface area contributed by atoms with E-state index in [2.05, 4.69) is 11.8 Å². The number of nitrogens with two attached hydrogens (primary N) is 1. The minimum atomic E-state index is -0.159. The zero-order valence-corrected chi connectivity index (χ0v) is 11.6. The lowest BCUT2D eigenvalue weighted by Gasteiger charge is -2.24. The molecule has 1 saturated heterocycles. The van der Waals surface area contributed by atoms with Crippen LogP contribution < -0.4 is 5.73 Å². The van der Waals surface area contributed by atoms with Crippen LogP contribution in [0.1, 0.15) is 30.9 Å². The highest BCUT2D eigenvalue weighted by atomic mass is 19.1. The fourth-order valence-electron chi connectivity index (χ4n) is 2.47. The first-order valence-corrected chi connectivity index (χ1v) is 7.04.